The summed E-state index contributed by atoms with van der Waals surface area (Å²) in [5.41, 5.74) is 1.29. The second kappa shape index (κ2) is 7.16. The van der Waals surface area contributed by atoms with Gasteiger partial charge in [0.1, 0.15) is 5.75 Å². The zero-order valence-corrected chi connectivity index (χ0v) is 15.1. The van der Waals surface area contributed by atoms with Crippen molar-refractivity contribution in [3.05, 3.63) is 29.8 Å². The maximum atomic E-state index is 12.6. The molecule has 2 heterocycles. The van der Waals surface area contributed by atoms with Crippen LogP contribution < -0.4 is 4.74 Å². The summed E-state index contributed by atoms with van der Waals surface area (Å²) in [6.45, 7) is 4.51. The molecule has 2 fully saturated rings. The Labute approximate surface area is 143 Å². The van der Waals surface area contributed by atoms with Crippen molar-refractivity contribution in [1.82, 2.24) is 4.90 Å². The van der Waals surface area contributed by atoms with Crippen LogP contribution >= 0.6 is 11.8 Å². The number of nitrogens with zero attached hydrogens (tertiary/aromatic N) is 1. The molecule has 0 saturated carbocycles. The maximum Gasteiger partial charge on any atom is 0.261 e. The van der Waals surface area contributed by atoms with E-state index in [0.717, 1.165) is 36.7 Å². The summed E-state index contributed by atoms with van der Waals surface area (Å²) < 4.78 is 5.74. The molecule has 3 nitrogen and oxygen atoms in total. The predicted molar refractivity (Wildman–Crippen MR) is 96.2 cm³/mol. The van der Waals surface area contributed by atoms with E-state index in [1.807, 2.05) is 23.9 Å². The van der Waals surface area contributed by atoms with E-state index >= 15 is 0 Å². The number of benzene rings is 1. The zero-order chi connectivity index (χ0) is 16.4. The highest BCUT2D eigenvalue weighted by Crippen LogP contribution is 2.39. The molecule has 3 atom stereocenters. The molecule has 0 aliphatic carbocycles. The SMILES string of the molecule is CSC1C[C@H]2CC[C@@H](C1)N2C(=O)COc1ccc(C(C)C)cc1. The normalized spacial score (nSPS) is 26.6. The van der Waals surface area contributed by atoms with Crippen molar-refractivity contribution in [2.75, 3.05) is 12.9 Å². The van der Waals surface area contributed by atoms with Gasteiger partial charge in [0.05, 0.1) is 0 Å². The van der Waals surface area contributed by atoms with E-state index in [1.54, 1.807) is 0 Å². The fourth-order valence-corrected chi connectivity index (χ4v) is 4.72. The lowest BCUT2D eigenvalue weighted by molar-refractivity contribution is -0.137. The molecule has 4 heteroatoms. The van der Waals surface area contributed by atoms with Gasteiger partial charge in [-0.2, -0.15) is 11.8 Å². The van der Waals surface area contributed by atoms with Gasteiger partial charge in [-0.15, -0.1) is 0 Å². The minimum absolute atomic E-state index is 0.157. The van der Waals surface area contributed by atoms with Crippen LogP contribution in [0.15, 0.2) is 24.3 Å². The average molecular weight is 333 g/mol. The number of hydrogen-bond acceptors (Lipinski definition) is 3. The van der Waals surface area contributed by atoms with Crippen molar-refractivity contribution in [3.63, 3.8) is 0 Å². The Hall–Kier alpha value is -1.16. The van der Waals surface area contributed by atoms with Crippen molar-refractivity contribution >= 4 is 17.7 Å². The highest BCUT2D eigenvalue weighted by atomic mass is 32.2. The monoisotopic (exact) mass is 333 g/mol. The van der Waals surface area contributed by atoms with E-state index in [2.05, 4.69) is 37.1 Å². The van der Waals surface area contributed by atoms with Crippen LogP contribution in [0.2, 0.25) is 0 Å². The summed E-state index contributed by atoms with van der Waals surface area (Å²) in [5.74, 6) is 1.46. The smallest absolute Gasteiger partial charge is 0.261 e. The molecule has 1 aromatic carbocycles. The Morgan fingerprint density at radius 1 is 1.22 bits per heavy atom. The first-order valence-corrected chi connectivity index (χ1v) is 9.94. The van der Waals surface area contributed by atoms with E-state index in [-0.39, 0.29) is 12.5 Å². The largest absolute Gasteiger partial charge is 0.484 e. The molecule has 23 heavy (non-hydrogen) atoms. The molecule has 1 unspecified atom stereocenters. The maximum absolute atomic E-state index is 12.6. The van der Waals surface area contributed by atoms with Crippen LogP contribution in [0.4, 0.5) is 0 Å². The third-order valence-corrected chi connectivity index (χ3v) is 6.27. The van der Waals surface area contributed by atoms with Gasteiger partial charge in [0.15, 0.2) is 6.61 Å². The Morgan fingerprint density at radius 3 is 2.35 bits per heavy atom. The summed E-state index contributed by atoms with van der Waals surface area (Å²) in [4.78, 5) is 14.7. The minimum atomic E-state index is 0.157. The Morgan fingerprint density at radius 2 is 1.83 bits per heavy atom. The summed E-state index contributed by atoms with van der Waals surface area (Å²) in [7, 11) is 0. The first-order chi connectivity index (χ1) is 11.1. The van der Waals surface area contributed by atoms with E-state index < -0.39 is 0 Å². The molecule has 0 N–H and O–H groups in total. The van der Waals surface area contributed by atoms with Gasteiger partial charge in [-0.05, 0) is 55.6 Å². The average Bonchev–Trinajstić information content (AvgIpc) is 2.83. The number of piperidine rings is 1. The molecule has 1 amide bonds. The Bertz CT molecular complexity index is 529. The second-order valence-electron chi connectivity index (χ2n) is 7.03. The molecule has 0 spiro atoms. The molecule has 2 aliphatic heterocycles. The molecule has 2 saturated heterocycles. The molecule has 2 bridgehead atoms. The molecular weight excluding hydrogens is 306 g/mol. The predicted octanol–water partition coefficient (Wildman–Crippen LogP) is 4.07. The number of rotatable bonds is 5. The minimum Gasteiger partial charge on any atom is -0.484 e. The van der Waals surface area contributed by atoms with Crippen LogP contribution in [-0.4, -0.2) is 41.0 Å². The van der Waals surface area contributed by atoms with Crippen molar-refractivity contribution in [1.29, 1.82) is 0 Å². The molecule has 0 radical (unpaired) electrons. The summed E-state index contributed by atoms with van der Waals surface area (Å²) in [5, 5.41) is 0.723. The quantitative estimate of drug-likeness (QED) is 0.813. The molecule has 0 aromatic heterocycles. The summed E-state index contributed by atoms with van der Waals surface area (Å²) >= 11 is 1.95. The van der Waals surface area contributed by atoms with E-state index in [0.29, 0.717) is 18.0 Å². The molecular formula is C19H27NO2S. The van der Waals surface area contributed by atoms with Crippen LogP contribution in [-0.2, 0) is 4.79 Å². The van der Waals surface area contributed by atoms with Crippen LogP contribution in [0.25, 0.3) is 0 Å². The van der Waals surface area contributed by atoms with Gasteiger partial charge in [0, 0.05) is 17.3 Å². The lowest BCUT2D eigenvalue weighted by Crippen LogP contribution is -2.49. The fraction of sp³-hybridized carbons (Fsp3) is 0.632. The van der Waals surface area contributed by atoms with Gasteiger partial charge in [0.25, 0.3) is 5.91 Å². The van der Waals surface area contributed by atoms with Crippen molar-refractivity contribution in [2.24, 2.45) is 0 Å². The topological polar surface area (TPSA) is 29.5 Å². The van der Waals surface area contributed by atoms with Gasteiger partial charge in [0.2, 0.25) is 0 Å². The highest BCUT2D eigenvalue weighted by molar-refractivity contribution is 7.99. The van der Waals surface area contributed by atoms with Gasteiger partial charge in [-0.1, -0.05) is 26.0 Å². The molecule has 3 rings (SSSR count). The molecule has 126 valence electrons. The van der Waals surface area contributed by atoms with Crippen LogP contribution in [0.3, 0.4) is 0 Å². The number of carbonyl (C=O) groups is 1. The van der Waals surface area contributed by atoms with Gasteiger partial charge in [-0.3, -0.25) is 4.79 Å². The fourth-order valence-electron chi connectivity index (χ4n) is 3.90. The standard InChI is InChI=1S/C19H27NO2S/c1-13(2)14-4-8-17(9-5-14)22-12-19(21)20-15-6-7-16(20)11-18(10-15)23-3/h4-5,8-9,13,15-16,18H,6-7,10-12H2,1-3H3/t15-,16+,18?. The van der Waals surface area contributed by atoms with Gasteiger partial charge >= 0.3 is 0 Å². The van der Waals surface area contributed by atoms with Crippen molar-refractivity contribution < 1.29 is 9.53 Å². The Balaban J connectivity index is 1.56. The number of carbonyl (C=O) groups excluding carboxylic acids is 1. The van der Waals surface area contributed by atoms with Crippen molar-refractivity contribution in [3.8, 4) is 5.75 Å². The van der Waals surface area contributed by atoms with Crippen molar-refractivity contribution in [2.45, 2.75) is 62.8 Å². The highest BCUT2D eigenvalue weighted by Gasteiger charge is 2.42. The molecule has 2 aliphatic rings. The third kappa shape index (κ3) is 3.68. The number of fused-ring (bicyclic) bond motifs is 2. The Kier molecular flexibility index (Phi) is 5.20. The lowest BCUT2D eigenvalue weighted by atomic mass is 10.0. The zero-order valence-electron chi connectivity index (χ0n) is 14.3. The van der Waals surface area contributed by atoms with E-state index in [4.69, 9.17) is 4.74 Å². The number of ether oxygens (including phenoxy) is 1. The van der Waals surface area contributed by atoms with E-state index in [1.165, 1.54) is 5.56 Å². The first-order valence-electron chi connectivity index (χ1n) is 8.65. The lowest BCUT2D eigenvalue weighted by Gasteiger charge is -2.38. The van der Waals surface area contributed by atoms with Gasteiger partial charge < -0.3 is 9.64 Å². The summed E-state index contributed by atoms with van der Waals surface area (Å²) in [6, 6.07) is 8.97. The van der Waals surface area contributed by atoms with Gasteiger partial charge in [-0.25, -0.2) is 0 Å². The summed E-state index contributed by atoms with van der Waals surface area (Å²) in [6.07, 6.45) is 6.80. The van der Waals surface area contributed by atoms with Crippen LogP contribution in [0.5, 0.6) is 5.75 Å². The van der Waals surface area contributed by atoms with E-state index in [9.17, 15) is 4.79 Å². The second-order valence-corrected chi connectivity index (χ2v) is 8.17. The first kappa shape index (κ1) is 16.7. The van der Waals surface area contributed by atoms with Crippen LogP contribution in [0, 0.1) is 0 Å². The number of hydrogen-bond donors (Lipinski definition) is 0. The molecule has 1 aromatic rings. The number of amides is 1. The van der Waals surface area contributed by atoms with Crippen LogP contribution in [0.1, 0.15) is 51.0 Å². The number of thioether (sulfide) groups is 1. The third-order valence-electron chi connectivity index (χ3n) is 5.22.